The first kappa shape index (κ1) is 15.8. The minimum atomic E-state index is -0.752. The number of likely N-dealkylation sites (tertiary alicyclic amines) is 1. The van der Waals surface area contributed by atoms with Crippen LogP contribution in [0.1, 0.15) is 26.2 Å². The van der Waals surface area contributed by atoms with E-state index in [1.54, 1.807) is 4.90 Å². The second-order valence-corrected chi connectivity index (χ2v) is 5.49. The Bertz CT molecular complexity index is 320. The van der Waals surface area contributed by atoms with E-state index in [-0.39, 0.29) is 18.0 Å². The van der Waals surface area contributed by atoms with Crippen LogP contribution >= 0.6 is 0 Å². The molecule has 1 fully saturated rings. The zero-order chi connectivity index (χ0) is 14.4. The topological polar surface area (TPSA) is 72.9 Å². The predicted octanol–water partition coefficient (Wildman–Crippen LogP) is 0.833. The summed E-state index contributed by atoms with van der Waals surface area (Å²) in [7, 11) is 4.00. The van der Waals surface area contributed by atoms with Gasteiger partial charge in [0.25, 0.3) is 0 Å². The number of carboxylic acid groups (broad SMARTS) is 1. The van der Waals surface area contributed by atoms with Crippen LogP contribution < -0.4 is 5.32 Å². The Labute approximate surface area is 114 Å². The van der Waals surface area contributed by atoms with E-state index in [0.29, 0.717) is 25.9 Å². The standard InChI is InChI=1S/C13H25N3O3/c1-10-9-11(12(17)18)5-8-16(10)13(19)14-6-4-7-15(2)3/h10-11H,4-9H2,1-3H3,(H,14,19)(H,17,18). The van der Waals surface area contributed by atoms with Gasteiger partial charge in [0, 0.05) is 19.1 Å². The molecule has 0 radical (unpaired) electrons. The van der Waals surface area contributed by atoms with Crippen LogP contribution in [-0.4, -0.2) is 66.7 Å². The van der Waals surface area contributed by atoms with Gasteiger partial charge >= 0.3 is 12.0 Å². The molecular weight excluding hydrogens is 246 g/mol. The maximum absolute atomic E-state index is 12.0. The van der Waals surface area contributed by atoms with Crippen LogP contribution in [0.3, 0.4) is 0 Å². The van der Waals surface area contributed by atoms with Crippen molar-refractivity contribution in [2.75, 3.05) is 33.7 Å². The van der Waals surface area contributed by atoms with E-state index in [1.165, 1.54) is 0 Å². The molecule has 6 nitrogen and oxygen atoms in total. The zero-order valence-electron chi connectivity index (χ0n) is 12.1. The van der Waals surface area contributed by atoms with Crippen LogP contribution in [0.5, 0.6) is 0 Å². The summed E-state index contributed by atoms with van der Waals surface area (Å²) in [5, 5.41) is 11.9. The minimum absolute atomic E-state index is 0.0105. The van der Waals surface area contributed by atoms with Crippen molar-refractivity contribution in [2.24, 2.45) is 5.92 Å². The normalized spacial score (nSPS) is 23.5. The molecule has 0 aromatic carbocycles. The highest BCUT2D eigenvalue weighted by Crippen LogP contribution is 2.22. The molecule has 2 amide bonds. The van der Waals surface area contributed by atoms with E-state index in [2.05, 4.69) is 10.2 Å². The summed E-state index contributed by atoms with van der Waals surface area (Å²) in [5.74, 6) is -1.06. The molecule has 2 unspecified atom stereocenters. The molecule has 1 aliphatic rings. The summed E-state index contributed by atoms with van der Waals surface area (Å²) in [6.07, 6.45) is 2.00. The van der Waals surface area contributed by atoms with Gasteiger partial charge < -0.3 is 20.2 Å². The number of hydrogen-bond donors (Lipinski definition) is 2. The number of carbonyl (C=O) groups excluding carboxylic acids is 1. The van der Waals surface area contributed by atoms with Gasteiger partial charge in [0.1, 0.15) is 0 Å². The quantitative estimate of drug-likeness (QED) is 0.727. The third-order valence-corrected chi connectivity index (χ3v) is 3.54. The van der Waals surface area contributed by atoms with Crippen molar-refractivity contribution in [3.63, 3.8) is 0 Å². The number of aliphatic carboxylic acids is 1. The summed E-state index contributed by atoms with van der Waals surface area (Å²) < 4.78 is 0. The molecule has 0 aliphatic carbocycles. The highest BCUT2D eigenvalue weighted by atomic mass is 16.4. The van der Waals surface area contributed by atoms with E-state index in [9.17, 15) is 9.59 Å². The molecule has 1 saturated heterocycles. The first-order chi connectivity index (χ1) is 8.91. The fourth-order valence-electron chi connectivity index (χ4n) is 2.39. The molecule has 0 saturated carbocycles. The number of carbonyl (C=O) groups is 2. The van der Waals surface area contributed by atoms with Crippen LogP contribution in [0.15, 0.2) is 0 Å². The second-order valence-electron chi connectivity index (χ2n) is 5.49. The third kappa shape index (κ3) is 5.06. The smallest absolute Gasteiger partial charge is 0.317 e. The maximum Gasteiger partial charge on any atom is 0.317 e. The molecule has 0 aromatic heterocycles. The number of amides is 2. The van der Waals surface area contributed by atoms with Crippen LogP contribution in [0, 0.1) is 5.92 Å². The van der Waals surface area contributed by atoms with Gasteiger partial charge in [0.05, 0.1) is 5.92 Å². The molecule has 1 heterocycles. The Morgan fingerprint density at radius 3 is 2.63 bits per heavy atom. The SMILES string of the molecule is CC1CC(C(=O)O)CCN1C(=O)NCCCN(C)C. The maximum atomic E-state index is 12.0. The van der Waals surface area contributed by atoms with E-state index < -0.39 is 5.97 Å². The van der Waals surface area contributed by atoms with Gasteiger partial charge in [-0.2, -0.15) is 0 Å². The predicted molar refractivity (Wildman–Crippen MR) is 73.1 cm³/mol. The van der Waals surface area contributed by atoms with E-state index >= 15 is 0 Å². The Hall–Kier alpha value is -1.30. The van der Waals surface area contributed by atoms with Gasteiger partial charge in [-0.05, 0) is 46.8 Å². The van der Waals surface area contributed by atoms with E-state index in [4.69, 9.17) is 5.11 Å². The molecule has 6 heteroatoms. The van der Waals surface area contributed by atoms with Crippen molar-refractivity contribution < 1.29 is 14.7 Å². The Balaban J connectivity index is 2.31. The zero-order valence-corrected chi connectivity index (χ0v) is 12.1. The van der Waals surface area contributed by atoms with Crippen LogP contribution in [0.2, 0.25) is 0 Å². The van der Waals surface area contributed by atoms with Gasteiger partial charge in [0.2, 0.25) is 0 Å². The fourth-order valence-corrected chi connectivity index (χ4v) is 2.39. The van der Waals surface area contributed by atoms with Gasteiger partial charge in [-0.3, -0.25) is 4.79 Å². The summed E-state index contributed by atoms with van der Waals surface area (Å²) >= 11 is 0. The van der Waals surface area contributed by atoms with Crippen molar-refractivity contribution in [2.45, 2.75) is 32.2 Å². The lowest BCUT2D eigenvalue weighted by Gasteiger charge is -2.36. The number of carboxylic acids is 1. The van der Waals surface area contributed by atoms with Gasteiger partial charge in [-0.1, -0.05) is 0 Å². The highest BCUT2D eigenvalue weighted by Gasteiger charge is 2.31. The van der Waals surface area contributed by atoms with Gasteiger partial charge in [-0.25, -0.2) is 4.79 Å². The van der Waals surface area contributed by atoms with E-state index in [1.807, 2.05) is 21.0 Å². The average Bonchev–Trinajstić information content (AvgIpc) is 2.33. The summed E-state index contributed by atoms with van der Waals surface area (Å²) in [5.41, 5.74) is 0. The number of nitrogens with zero attached hydrogens (tertiary/aromatic N) is 2. The molecule has 0 bridgehead atoms. The number of rotatable bonds is 5. The van der Waals surface area contributed by atoms with E-state index in [0.717, 1.165) is 13.0 Å². The second kappa shape index (κ2) is 7.33. The van der Waals surface area contributed by atoms with Crippen molar-refractivity contribution in [3.05, 3.63) is 0 Å². The van der Waals surface area contributed by atoms with Crippen molar-refractivity contribution >= 4 is 12.0 Å². The van der Waals surface area contributed by atoms with Crippen LogP contribution in [0.25, 0.3) is 0 Å². The average molecular weight is 271 g/mol. The molecule has 1 aliphatic heterocycles. The first-order valence-electron chi connectivity index (χ1n) is 6.83. The van der Waals surface area contributed by atoms with Crippen LogP contribution in [0.4, 0.5) is 4.79 Å². The van der Waals surface area contributed by atoms with Crippen molar-refractivity contribution in [3.8, 4) is 0 Å². The summed E-state index contributed by atoms with van der Waals surface area (Å²) in [6.45, 7) is 4.03. The highest BCUT2D eigenvalue weighted by molar-refractivity contribution is 5.75. The van der Waals surface area contributed by atoms with Crippen molar-refractivity contribution in [1.82, 2.24) is 15.1 Å². The lowest BCUT2D eigenvalue weighted by Crippen LogP contribution is -2.50. The number of piperidine rings is 1. The number of hydrogen-bond acceptors (Lipinski definition) is 3. The summed E-state index contributed by atoms with van der Waals surface area (Å²) in [6, 6.07) is -0.0845. The van der Waals surface area contributed by atoms with Gasteiger partial charge in [0.15, 0.2) is 0 Å². The minimum Gasteiger partial charge on any atom is -0.481 e. The molecule has 19 heavy (non-hydrogen) atoms. The Morgan fingerprint density at radius 2 is 2.11 bits per heavy atom. The molecule has 2 N–H and O–H groups in total. The molecule has 0 spiro atoms. The molecule has 2 atom stereocenters. The van der Waals surface area contributed by atoms with Crippen molar-refractivity contribution in [1.29, 1.82) is 0 Å². The van der Waals surface area contributed by atoms with Crippen LogP contribution in [-0.2, 0) is 4.79 Å². The summed E-state index contributed by atoms with van der Waals surface area (Å²) in [4.78, 5) is 26.7. The molecule has 1 rings (SSSR count). The fraction of sp³-hybridized carbons (Fsp3) is 0.846. The number of nitrogens with one attached hydrogen (secondary N) is 1. The lowest BCUT2D eigenvalue weighted by molar-refractivity contribution is -0.143. The first-order valence-corrected chi connectivity index (χ1v) is 6.83. The molecular formula is C13H25N3O3. The molecule has 110 valence electrons. The lowest BCUT2D eigenvalue weighted by atomic mass is 9.92. The monoisotopic (exact) mass is 271 g/mol. The third-order valence-electron chi connectivity index (χ3n) is 3.54. The Kier molecular flexibility index (Phi) is 6.08. The number of urea groups is 1. The molecule has 0 aromatic rings. The van der Waals surface area contributed by atoms with Gasteiger partial charge in [-0.15, -0.1) is 0 Å². The largest absolute Gasteiger partial charge is 0.481 e. The Morgan fingerprint density at radius 1 is 1.42 bits per heavy atom.